The summed E-state index contributed by atoms with van der Waals surface area (Å²) in [6.07, 6.45) is 1.45. The quantitative estimate of drug-likeness (QED) is 0.616. The number of ether oxygens (including phenoxy) is 2. The van der Waals surface area contributed by atoms with E-state index in [0.29, 0.717) is 11.4 Å². The molecule has 2 atom stereocenters. The lowest BCUT2D eigenvalue weighted by Crippen LogP contribution is -2.30. The van der Waals surface area contributed by atoms with Gasteiger partial charge in [-0.05, 0) is 61.1 Å². The first kappa shape index (κ1) is 20.4. The maximum absolute atomic E-state index is 12.7. The maximum Gasteiger partial charge on any atom is 0.265 e. The highest BCUT2D eigenvalue weighted by Crippen LogP contribution is 2.29. The van der Waals surface area contributed by atoms with Gasteiger partial charge in [0.1, 0.15) is 17.7 Å². The van der Waals surface area contributed by atoms with Crippen LogP contribution in [0.1, 0.15) is 58.0 Å². The fourth-order valence-corrected chi connectivity index (χ4v) is 3.59. The molecule has 0 saturated carbocycles. The monoisotopic (exact) mass is 407 g/mol. The minimum absolute atomic E-state index is 0.0206. The number of H-pyrrole nitrogens is 1. The Morgan fingerprint density at radius 2 is 2.10 bits per heavy atom. The number of fused-ring (bicyclic) bond motifs is 1. The van der Waals surface area contributed by atoms with Crippen molar-refractivity contribution in [3.63, 3.8) is 0 Å². The topological polar surface area (TPSA) is 76.2 Å². The molecule has 30 heavy (non-hydrogen) atoms. The first-order valence-corrected chi connectivity index (χ1v) is 10.5. The van der Waals surface area contributed by atoms with Crippen LogP contribution >= 0.6 is 0 Å². The summed E-state index contributed by atoms with van der Waals surface area (Å²) < 4.78 is 11.6. The molecule has 6 nitrogen and oxygen atoms in total. The number of anilines is 1. The molecule has 1 aliphatic heterocycles. The first-order chi connectivity index (χ1) is 14.3. The normalized spacial score (nSPS) is 17.8. The number of aromatic amines is 1. The van der Waals surface area contributed by atoms with Crippen molar-refractivity contribution >= 4 is 22.6 Å². The number of hydrogen-bond donors (Lipinski definition) is 2. The Kier molecular flexibility index (Phi) is 5.52. The lowest BCUT2D eigenvalue weighted by molar-refractivity contribution is -0.122. The largest absolute Gasteiger partial charge is 0.481 e. The lowest BCUT2D eigenvalue weighted by atomic mass is 9.87. The summed E-state index contributed by atoms with van der Waals surface area (Å²) in [7, 11) is 0. The molecule has 1 fully saturated rings. The van der Waals surface area contributed by atoms with Crippen molar-refractivity contribution in [1.29, 1.82) is 0 Å². The molecule has 2 heterocycles. The Bertz CT molecular complexity index is 1050. The van der Waals surface area contributed by atoms with Crippen LogP contribution in [0.25, 0.3) is 11.0 Å². The third kappa shape index (κ3) is 4.49. The van der Waals surface area contributed by atoms with Crippen molar-refractivity contribution < 1.29 is 14.3 Å². The molecule has 0 unspecified atom stereocenters. The number of benzene rings is 2. The molecule has 2 N–H and O–H groups in total. The molecular formula is C24H29N3O3. The van der Waals surface area contributed by atoms with Gasteiger partial charge < -0.3 is 19.8 Å². The third-order valence-corrected chi connectivity index (χ3v) is 5.38. The average Bonchev–Trinajstić information content (AvgIpc) is 3.36. The number of rotatable bonds is 5. The van der Waals surface area contributed by atoms with Crippen LogP contribution in [-0.4, -0.2) is 28.6 Å². The molecule has 158 valence electrons. The molecule has 1 saturated heterocycles. The Labute approximate surface area is 177 Å². The van der Waals surface area contributed by atoms with Gasteiger partial charge in [0.05, 0.1) is 11.0 Å². The second-order valence-electron chi connectivity index (χ2n) is 8.88. The fraction of sp³-hybridized carbons (Fsp3) is 0.417. The van der Waals surface area contributed by atoms with E-state index >= 15 is 0 Å². The summed E-state index contributed by atoms with van der Waals surface area (Å²) in [5, 5.41) is 2.93. The molecule has 0 radical (unpaired) electrons. The fourth-order valence-electron chi connectivity index (χ4n) is 3.59. The Balaban J connectivity index is 1.43. The molecule has 3 aromatic rings. The van der Waals surface area contributed by atoms with E-state index in [1.54, 1.807) is 6.92 Å². The number of amides is 1. The molecule has 0 aliphatic carbocycles. The van der Waals surface area contributed by atoms with Gasteiger partial charge >= 0.3 is 0 Å². The van der Waals surface area contributed by atoms with Crippen molar-refractivity contribution in [3.05, 3.63) is 53.9 Å². The van der Waals surface area contributed by atoms with E-state index in [2.05, 4.69) is 42.1 Å². The molecule has 0 spiro atoms. The standard InChI is InChI=1S/C24H29N3O3/c1-15(30-18-8-5-7-16(13-18)24(2,3)4)23(28)25-17-10-11-19-20(14-17)27-22(26-19)21-9-6-12-29-21/h5,7-8,10-11,13-15,21H,6,9,12H2,1-4H3,(H,25,28)(H,26,27)/t15-,21-/m0/s1. The van der Waals surface area contributed by atoms with Gasteiger partial charge in [0.25, 0.3) is 5.91 Å². The van der Waals surface area contributed by atoms with E-state index in [4.69, 9.17) is 9.47 Å². The molecule has 1 amide bonds. The zero-order valence-electron chi connectivity index (χ0n) is 18.0. The maximum atomic E-state index is 12.7. The van der Waals surface area contributed by atoms with E-state index < -0.39 is 6.10 Å². The first-order valence-electron chi connectivity index (χ1n) is 10.5. The number of carbonyl (C=O) groups is 1. The number of hydrogen-bond acceptors (Lipinski definition) is 4. The van der Waals surface area contributed by atoms with E-state index in [1.165, 1.54) is 5.56 Å². The van der Waals surface area contributed by atoms with E-state index in [-0.39, 0.29) is 17.4 Å². The molecule has 1 aliphatic rings. The SMILES string of the molecule is C[C@H](Oc1cccc(C(C)(C)C)c1)C(=O)Nc1ccc2nc([C@@H]3CCCO3)[nH]c2c1. The van der Waals surface area contributed by atoms with Crippen molar-refractivity contribution in [2.24, 2.45) is 0 Å². The van der Waals surface area contributed by atoms with Gasteiger partial charge in [0, 0.05) is 12.3 Å². The number of carbonyl (C=O) groups excluding carboxylic acids is 1. The number of imidazole rings is 1. The summed E-state index contributed by atoms with van der Waals surface area (Å²) in [6, 6.07) is 13.5. The summed E-state index contributed by atoms with van der Waals surface area (Å²) in [6.45, 7) is 8.98. The molecule has 0 bridgehead atoms. The zero-order chi connectivity index (χ0) is 21.3. The van der Waals surface area contributed by atoms with Gasteiger partial charge in [0.2, 0.25) is 0 Å². The lowest BCUT2D eigenvalue weighted by Gasteiger charge is -2.21. The Morgan fingerprint density at radius 3 is 2.83 bits per heavy atom. The van der Waals surface area contributed by atoms with Crippen LogP contribution in [0.2, 0.25) is 0 Å². The van der Waals surface area contributed by atoms with Crippen LogP contribution < -0.4 is 10.1 Å². The predicted octanol–water partition coefficient (Wildman–Crippen LogP) is 5.12. The molecule has 1 aromatic heterocycles. The molecule has 4 rings (SSSR count). The molecule has 6 heteroatoms. The molecular weight excluding hydrogens is 378 g/mol. The smallest absolute Gasteiger partial charge is 0.265 e. The van der Waals surface area contributed by atoms with Crippen molar-refractivity contribution in [2.45, 2.75) is 58.2 Å². The van der Waals surface area contributed by atoms with Crippen molar-refractivity contribution in [1.82, 2.24) is 9.97 Å². The van der Waals surface area contributed by atoms with E-state index in [0.717, 1.165) is 36.3 Å². The van der Waals surface area contributed by atoms with Gasteiger partial charge in [-0.2, -0.15) is 0 Å². The van der Waals surface area contributed by atoms with Crippen LogP contribution in [0.5, 0.6) is 5.75 Å². The number of aromatic nitrogens is 2. The summed E-state index contributed by atoms with van der Waals surface area (Å²) in [4.78, 5) is 20.6. The van der Waals surface area contributed by atoms with E-state index in [1.807, 2.05) is 36.4 Å². The van der Waals surface area contributed by atoms with Crippen LogP contribution in [0.15, 0.2) is 42.5 Å². The summed E-state index contributed by atoms with van der Waals surface area (Å²) in [5.74, 6) is 1.34. The molecule has 2 aromatic carbocycles. The van der Waals surface area contributed by atoms with Crippen LogP contribution in [-0.2, 0) is 14.9 Å². The van der Waals surface area contributed by atoms with Gasteiger partial charge in [-0.1, -0.05) is 32.9 Å². The summed E-state index contributed by atoms with van der Waals surface area (Å²) in [5.41, 5.74) is 3.63. The highest BCUT2D eigenvalue weighted by molar-refractivity contribution is 5.95. The van der Waals surface area contributed by atoms with Gasteiger partial charge in [0.15, 0.2) is 6.10 Å². The summed E-state index contributed by atoms with van der Waals surface area (Å²) >= 11 is 0. The van der Waals surface area contributed by atoms with Gasteiger partial charge in [-0.25, -0.2) is 4.98 Å². The second-order valence-corrected chi connectivity index (χ2v) is 8.88. The Hall–Kier alpha value is -2.86. The number of nitrogens with zero attached hydrogens (tertiary/aromatic N) is 1. The minimum Gasteiger partial charge on any atom is -0.481 e. The van der Waals surface area contributed by atoms with Crippen LogP contribution in [0.3, 0.4) is 0 Å². The van der Waals surface area contributed by atoms with Gasteiger partial charge in [-0.15, -0.1) is 0 Å². The average molecular weight is 408 g/mol. The van der Waals surface area contributed by atoms with Crippen molar-refractivity contribution in [2.75, 3.05) is 11.9 Å². The number of nitrogens with one attached hydrogen (secondary N) is 2. The van der Waals surface area contributed by atoms with Crippen molar-refractivity contribution in [3.8, 4) is 5.75 Å². The second kappa shape index (κ2) is 8.11. The van der Waals surface area contributed by atoms with Crippen LogP contribution in [0, 0.1) is 0 Å². The predicted molar refractivity (Wildman–Crippen MR) is 118 cm³/mol. The van der Waals surface area contributed by atoms with Crippen LogP contribution in [0.4, 0.5) is 5.69 Å². The minimum atomic E-state index is -0.625. The highest BCUT2D eigenvalue weighted by Gasteiger charge is 2.22. The highest BCUT2D eigenvalue weighted by atomic mass is 16.5. The van der Waals surface area contributed by atoms with Gasteiger partial charge in [-0.3, -0.25) is 4.79 Å². The zero-order valence-corrected chi connectivity index (χ0v) is 18.0. The third-order valence-electron chi connectivity index (χ3n) is 5.38. The Morgan fingerprint density at radius 1 is 1.27 bits per heavy atom. The van der Waals surface area contributed by atoms with E-state index in [9.17, 15) is 4.79 Å².